The smallest absolute Gasteiger partial charge is 0.341 e. The molecule has 0 spiro atoms. The third-order valence-electron chi connectivity index (χ3n) is 3.22. The number of rotatable bonds is 3. The number of anilines is 1. The molecule has 0 radical (unpaired) electrons. The minimum Gasteiger partial charge on any atom is -0.388 e. The number of β-amino-alcohol motifs (C(OH)–C–C–N with tert-alkyl or cyclic N) is 1. The molecule has 2 rings (SSSR count). The van der Waals surface area contributed by atoms with Crippen LogP contribution in [0.1, 0.15) is 13.3 Å². The minimum absolute atomic E-state index is 0.391. The quantitative estimate of drug-likeness (QED) is 0.920. The van der Waals surface area contributed by atoms with Crippen LogP contribution in [-0.2, 0) is 9.84 Å². The number of hydrogen-bond donors (Lipinski definition) is 1. The molecule has 19 heavy (non-hydrogen) atoms. The van der Waals surface area contributed by atoms with Gasteiger partial charge in [0.05, 0.1) is 10.5 Å². The molecule has 1 heterocycles. The van der Waals surface area contributed by atoms with Crippen molar-refractivity contribution in [2.24, 2.45) is 0 Å². The number of alkyl halides is 2. The molecule has 106 valence electrons. The molecule has 0 bridgehead atoms. The Morgan fingerprint density at radius 3 is 2.32 bits per heavy atom. The SMILES string of the molecule is CC1(O)CCN(c2ccc(S(=O)(=O)C(F)F)cc2)C1. The summed E-state index contributed by atoms with van der Waals surface area (Å²) in [5.41, 5.74) is -0.0562. The summed E-state index contributed by atoms with van der Waals surface area (Å²) in [6.45, 7) is 2.81. The van der Waals surface area contributed by atoms with Gasteiger partial charge in [-0.1, -0.05) is 0 Å². The van der Waals surface area contributed by atoms with Crippen LogP contribution in [-0.4, -0.2) is 38.0 Å². The maximum absolute atomic E-state index is 12.4. The molecule has 1 fully saturated rings. The van der Waals surface area contributed by atoms with Gasteiger partial charge in [0.25, 0.3) is 0 Å². The lowest BCUT2D eigenvalue weighted by molar-refractivity contribution is 0.0839. The van der Waals surface area contributed by atoms with Crippen LogP contribution in [0.2, 0.25) is 0 Å². The van der Waals surface area contributed by atoms with Crippen LogP contribution in [0.5, 0.6) is 0 Å². The number of sulfone groups is 1. The Kier molecular flexibility index (Phi) is 3.53. The Balaban J connectivity index is 2.21. The van der Waals surface area contributed by atoms with Crippen LogP contribution in [0.3, 0.4) is 0 Å². The second-order valence-electron chi connectivity index (χ2n) is 4.97. The standard InChI is InChI=1S/C12H15F2NO3S/c1-12(16)6-7-15(8-12)9-2-4-10(5-3-9)19(17,18)11(13)14/h2-5,11,16H,6-8H2,1H3. The van der Waals surface area contributed by atoms with Crippen LogP contribution in [0.4, 0.5) is 14.5 Å². The highest BCUT2D eigenvalue weighted by molar-refractivity contribution is 7.91. The zero-order chi connectivity index (χ0) is 14.3. The van der Waals surface area contributed by atoms with Crippen LogP contribution in [0.15, 0.2) is 29.2 Å². The van der Waals surface area contributed by atoms with Gasteiger partial charge in [0.2, 0.25) is 9.84 Å². The van der Waals surface area contributed by atoms with Crippen LogP contribution < -0.4 is 4.90 Å². The van der Waals surface area contributed by atoms with Gasteiger partial charge in [-0.15, -0.1) is 0 Å². The Bertz CT molecular complexity index is 555. The van der Waals surface area contributed by atoms with Crippen molar-refractivity contribution in [3.8, 4) is 0 Å². The number of nitrogens with zero attached hydrogens (tertiary/aromatic N) is 1. The van der Waals surface area contributed by atoms with Crippen molar-refractivity contribution in [3.05, 3.63) is 24.3 Å². The molecule has 1 saturated heterocycles. The number of hydrogen-bond acceptors (Lipinski definition) is 4. The molecular weight excluding hydrogens is 276 g/mol. The lowest BCUT2D eigenvalue weighted by Crippen LogP contribution is -2.29. The predicted molar refractivity (Wildman–Crippen MR) is 67.1 cm³/mol. The molecule has 1 unspecified atom stereocenters. The van der Waals surface area contributed by atoms with Crippen LogP contribution in [0.25, 0.3) is 0 Å². The third kappa shape index (κ3) is 2.87. The molecule has 0 aliphatic carbocycles. The molecule has 0 saturated carbocycles. The van der Waals surface area contributed by atoms with Gasteiger partial charge in [-0.2, -0.15) is 8.78 Å². The Morgan fingerprint density at radius 1 is 1.32 bits per heavy atom. The largest absolute Gasteiger partial charge is 0.388 e. The van der Waals surface area contributed by atoms with E-state index < -0.39 is 26.1 Å². The Hall–Kier alpha value is -1.21. The maximum Gasteiger partial charge on any atom is 0.341 e. The minimum atomic E-state index is -4.54. The first-order valence-electron chi connectivity index (χ1n) is 5.82. The predicted octanol–water partition coefficient (Wildman–Crippen LogP) is 1.64. The van der Waals surface area contributed by atoms with E-state index in [4.69, 9.17) is 0 Å². The summed E-state index contributed by atoms with van der Waals surface area (Å²) in [5.74, 6) is -3.41. The molecule has 1 aliphatic rings. The van der Waals surface area contributed by atoms with Gasteiger partial charge in [0, 0.05) is 18.8 Å². The number of benzene rings is 1. The van der Waals surface area contributed by atoms with E-state index in [2.05, 4.69) is 0 Å². The molecule has 7 heteroatoms. The molecule has 1 aliphatic heterocycles. The average Bonchev–Trinajstić information content (AvgIpc) is 2.69. The normalized spacial score (nSPS) is 24.2. The fourth-order valence-corrected chi connectivity index (χ4v) is 2.84. The highest BCUT2D eigenvalue weighted by Crippen LogP contribution is 2.28. The van der Waals surface area contributed by atoms with E-state index in [0.29, 0.717) is 25.2 Å². The van der Waals surface area contributed by atoms with E-state index in [1.165, 1.54) is 24.3 Å². The molecule has 0 aromatic heterocycles. The van der Waals surface area contributed by atoms with Gasteiger partial charge in [0.15, 0.2) is 0 Å². The lowest BCUT2D eigenvalue weighted by atomic mass is 10.1. The first-order valence-corrected chi connectivity index (χ1v) is 7.36. The van der Waals surface area contributed by atoms with Gasteiger partial charge in [-0.3, -0.25) is 0 Å². The van der Waals surface area contributed by atoms with E-state index in [0.717, 1.165) is 0 Å². The van der Waals surface area contributed by atoms with Crippen molar-refractivity contribution in [2.45, 2.75) is 29.6 Å². The second kappa shape index (κ2) is 4.72. The van der Waals surface area contributed by atoms with E-state index in [1.54, 1.807) is 6.92 Å². The average molecular weight is 291 g/mol. The zero-order valence-electron chi connectivity index (χ0n) is 10.4. The Labute approximate surface area is 110 Å². The summed E-state index contributed by atoms with van der Waals surface area (Å²) >= 11 is 0. The van der Waals surface area contributed by atoms with Crippen molar-refractivity contribution in [1.29, 1.82) is 0 Å². The fourth-order valence-electron chi connectivity index (χ4n) is 2.11. The first kappa shape index (κ1) is 14.2. The highest BCUT2D eigenvalue weighted by Gasteiger charge is 2.32. The Morgan fingerprint density at radius 2 is 1.89 bits per heavy atom. The topological polar surface area (TPSA) is 57.6 Å². The van der Waals surface area contributed by atoms with E-state index in [1.807, 2.05) is 4.90 Å². The van der Waals surface area contributed by atoms with Gasteiger partial charge >= 0.3 is 5.76 Å². The van der Waals surface area contributed by atoms with Crippen molar-refractivity contribution >= 4 is 15.5 Å². The summed E-state index contributed by atoms with van der Waals surface area (Å²) in [4.78, 5) is 1.50. The number of halogens is 2. The van der Waals surface area contributed by atoms with Gasteiger partial charge < -0.3 is 10.0 Å². The summed E-state index contributed by atoms with van der Waals surface area (Å²) in [7, 11) is -4.54. The lowest BCUT2D eigenvalue weighted by Gasteiger charge is -2.21. The highest BCUT2D eigenvalue weighted by atomic mass is 32.2. The maximum atomic E-state index is 12.4. The van der Waals surface area contributed by atoms with E-state index in [-0.39, 0.29) is 0 Å². The van der Waals surface area contributed by atoms with E-state index >= 15 is 0 Å². The van der Waals surface area contributed by atoms with Gasteiger partial charge in [-0.25, -0.2) is 8.42 Å². The van der Waals surface area contributed by atoms with Crippen LogP contribution in [0, 0.1) is 0 Å². The van der Waals surface area contributed by atoms with Crippen molar-refractivity contribution in [3.63, 3.8) is 0 Å². The first-order chi connectivity index (χ1) is 8.72. The van der Waals surface area contributed by atoms with Crippen molar-refractivity contribution < 1.29 is 22.3 Å². The molecule has 1 atom stereocenters. The monoisotopic (exact) mass is 291 g/mol. The number of aliphatic hydroxyl groups is 1. The molecule has 1 aromatic rings. The summed E-state index contributed by atoms with van der Waals surface area (Å²) in [6, 6.07) is 5.31. The molecule has 0 amide bonds. The fraction of sp³-hybridized carbons (Fsp3) is 0.500. The molecule has 4 nitrogen and oxygen atoms in total. The summed E-state index contributed by atoms with van der Waals surface area (Å²) < 4.78 is 47.3. The van der Waals surface area contributed by atoms with Crippen molar-refractivity contribution in [2.75, 3.05) is 18.0 Å². The van der Waals surface area contributed by atoms with Gasteiger partial charge in [0.1, 0.15) is 0 Å². The molecular formula is C12H15F2NO3S. The van der Waals surface area contributed by atoms with Gasteiger partial charge in [-0.05, 0) is 37.6 Å². The molecule has 1 aromatic carbocycles. The van der Waals surface area contributed by atoms with E-state index in [9.17, 15) is 22.3 Å². The molecule has 1 N–H and O–H groups in total. The summed E-state index contributed by atoms with van der Waals surface area (Å²) in [6.07, 6.45) is 0.615. The third-order valence-corrected chi connectivity index (χ3v) is 4.62. The second-order valence-corrected chi connectivity index (χ2v) is 6.89. The summed E-state index contributed by atoms with van der Waals surface area (Å²) in [5, 5.41) is 9.85. The van der Waals surface area contributed by atoms with Crippen LogP contribution >= 0.6 is 0 Å². The zero-order valence-corrected chi connectivity index (χ0v) is 11.2. The van der Waals surface area contributed by atoms with Crippen molar-refractivity contribution in [1.82, 2.24) is 0 Å².